The Morgan fingerprint density at radius 1 is 0.808 bits per heavy atom. The maximum Gasteiger partial charge on any atom is 0.254 e. The van der Waals surface area contributed by atoms with Crippen molar-refractivity contribution in [1.82, 2.24) is 9.80 Å². The van der Waals surface area contributed by atoms with Crippen LogP contribution in [0.25, 0.3) is 0 Å². The highest BCUT2D eigenvalue weighted by molar-refractivity contribution is 5.96. The minimum atomic E-state index is -0.0700. The molecule has 0 unspecified atom stereocenters. The Kier molecular flexibility index (Phi) is 4.12. The molecule has 0 aromatic heterocycles. The molecule has 0 atom stereocenters. The summed E-state index contributed by atoms with van der Waals surface area (Å²) >= 11 is 0. The van der Waals surface area contributed by atoms with Crippen LogP contribution in [-0.2, 0) is 0 Å². The lowest BCUT2D eigenvalue weighted by molar-refractivity contribution is 0.0535. The fourth-order valence-electron chi connectivity index (χ4n) is 3.18. The molecule has 2 heterocycles. The summed E-state index contributed by atoms with van der Waals surface area (Å²) in [7, 11) is 0. The summed E-state index contributed by atoms with van der Waals surface area (Å²) < 4.78 is 10.6. The molecule has 7 heteroatoms. The number of carbonyl (C=O) groups excluding carboxylic acids is 2. The van der Waals surface area contributed by atoms with Gasteiger partial charge in [-0.2, -0.15) is 0 Å². The first-order valence-electron chi connectivity index (χ1n) is 8.45. The Balaban J connectivity index is 1.40. The third-order valence-corrected chi connectivity index (χ3v) is 4.61. The zero-order valence-electron chi connectivity index (χ0n) is 14.2. The first-order valence-corrected chi connectivity index (χ1v) is 8.45. The van der Waals surface area contributed by atoms with E-state index in [4.69, 9.17) is 15.2 Å². The standard InChI is InChI=1S/C19H19N3O4/c20-15-3-1-2-13(10-15)18(23)21-6-8-22(9-7-21)19(24)14-4-5-16-17(11-14)26-12-25-16/h1-5,10-11H,6-9,12,20H2. The minimum absolute atomic E-state index is 0.0625. The average molecular weight is 353 g/mol. The number of benzene rings is 2. The van der Waals surface area contributed by atoms with Gasteiger partial charge in [0.1, 0.15) is 0 Å². The number of nitrogen functional groups attached to an aromatic ring is 1. The fraction of sp³-hybridized carbons (Fsp3) is 0.263. The lowest BCUT2D eigenvalue weighted by atomic mass is 10.1. The maximum absolute atomic E-state index is 12.7. The van der Waals surface area contributed by atoms with Crippen LogP contribution in [0.2, 0.25) is 0 Å². The van der Waals surface area contributed by atoms with E-state index in [1.165, 1.54) is 0 Å². The minimum Gasteiger partial charge on any atom is -0.454 e. The Morgan fingerprint density at radius 2 is 1.42 bits per heavy atom. The lowest BCUT2D eigenvalue weighted by Crippen LogP contribution is -2.50. The van der Waals surface area contributed by atoms with Crippen molar-refractivity contribution in [1.29, 1.82) is 0 Å². The predicted octanol–water partition coefficient (Wildman–Crippen LogP) is 1.60. The summed E-state index contributed by atoms with van der Waals surface area (Å²) in [5.74, 6) is 1.11. The maximum atomic E-state index is 12.7. The smallest absolute Gasteiger partial charge is 0.254 e. The SMILES string of the molecule is Nc1cccc(C(=O)N2CCN(C(=O)c3ccc4c(c3)OCO4)CC2)c1. The van der Waals surface area contributed by atoms with Crippen LogP contribution in [0.3, 0.4) is 0 Å². The second kappa shape index (κ2) is 6.59. The molecule has 0 bridgehead atoms. The Morgan fingerprint density at radius 3 is 2.08 bits per heavy atom. The predicted molar refractivity (Wildman–Crippen MR) is 95.2 cm³/mol. The molecule has 0 saturated carbocycles. The van der Waals surface area contributed by atoms with Gasteiger partial charge in [-0.25, -0.2) is 0 Å². The summed E-state index contributed by atoms with van der Waals surface area (Å²) in [4.78, 5) is 28.8. The highest BCUT2D eigenvalue weighted by Gasteiger charge is 2.26. The van der Waals surface area contributed by atoms with Gasteiger partial charge >= 0.3 is 0 Å². The third-order valence-electron chi connectivity index (χ3n) is 4.61. The van der Waals surface area contributed by atoms with Crippen molar-refractivity contribution in [3.63, 3.8) is 0 Å². The summed E-state index contributed by atoms with van der Waals surface area (Å²) in [6.07, 6.45) is 0. The van der Waals surface area contributed by atoms with E-state index in [1.807, 2.05) is 0 Å². The molecule has 2 aliphatic heterocycles. The largest absolute Gasteiger partial charge is 0.454 e. The van der Waals surface area contributed by atoms with E-state index in [1.54, 1.807) is 52.3 Å². The number of nitrogens with zero attached hydrogens (tertiary/aromatic N) is 2. The van der Waals surface area contributed by atoms with Crippen LogP contribution < -0.4 is 15.2 Å². The van der Waals surface area contributed by atoms with Crippen molar-refractivity contribution in [2.24, 2.45) is 0 Å². The van der Waals surface area contributed by atoms with E-state index >= 15 is 0 Å². The van der Waals surface area contributed by atoms with Crippen LogP contribution in [0, 0.1) is 0 Å². The number of hydrogen-bond acceptors (Lipinski definition) is 5. The Hall–Kier alpha value is -3.22. The Labute approximate surface area is 150 Å². The number of rotatable bonds is 2. The summed E-state index contributed by atoms with van der Waals surface area (Å²) in [6.45, 7) is 2.13. The molecule has 1 saturated heterocycles. The van der Waals surface area contributed by atoms with Gasteiger partial charge in [0.2, 0.25) is 6.79 Å². The van der Waals surface area contributed by atoms with E-state index in [0.29, 0.717) is 54.5 Å². The van der Waals surface area contributed by atoms with Crippen LogP contribution in [0.5, 0.6) is 11.5 Å². The van der Waals surface area contributed by atoms with Gasteiger partial charge in [0.15, 0.2) is 11.5 Å². The van der Waals surface area contributed by atoms with E-state index in [-0.39, 0.29) is 18.6 Å². The van der Waals surface area contributed by atoms with Crippen molar-refractivity contribution >= 4 is 17.5 Å². The fourth-order valence-corrected chi connectivity index (χ4v) is 3.18. The number of piperazine rings is 1. The van der Waals surface area contributed by atoms with Gasteiger partial charge in [-0.05, 0) is 36.4 Å². The van der Waals surface area contributed by atoms with Crippen LogP contribution in [0.1, 0.15) is 20.7 Å². The number of anilines is 1. The number of fused-ring (bicyclic) bond motifs is 1. The van der Waals surface area contributed by atoms with Crippen LogP contribution >= 0.6 is 0 Å². The van der Waals surface area contributed by atoms with Crippen molar-refractivity contribution in [3.05, 3.63) is 53.6 Å². The molecule has 0 aliphatic carbocycles. The number of amides is 2. The van der Waals surface area contributed by atoms with Crippen LogP contribution in [0.15, 0.2) is 42.5 Å². The van der Waals surface area contributed by atoms with Crippen molar-refractivity contribution in [2.75, 3.05) is 38.7 Å². The number of carbonyl (C=O) groups is 2. The molecule has 2 N–H and O–H groups in total. The molecule has 26 heavy (non-hydrogen) atoms. The van der Waals surface area contributed by atoms with Gasteiger partial charge in [0, 0.05) is 43.0 Å². The van der Waals surface area contributed by atoms with Gasteiger partial charge in [-0.3, -0.25) is 9.59 Å². The van der Waals surface area contributed by atoms with Gasteiger partial charge in [-0.1, -0.05) is 6.07 Å². The first-order chi connectivity index (χ1) is 12.6. The summed E-state index contributed by atoms with van der Waals surface area (Å²) in [5.41, 5.74) is 7.44. The molecule has 2 amide bonds. The molecule has 2 aromatic carbocycles. The normalized spacial score (nSPS) is 15.8. The van der Waals surface area contributed by atoms with Gasteiger partial charge in [0.05, 0.1) is 0 Å². The number of ether oxygens (including phenoxy) is 2. The van der Waals surface area contributed by atoms with E-state index in [9.17, 15) is 9.59 Å². The molecule has 7 nitrogen and oxygen atoms in total. The topological polar surface area (TPSA) is 85.1 Å². The van der Waals surface area contributed by atoms with Crippen molar-refractivity contribution in [3.8, 4) is 11.5 Å². The van der Waals surface area contributed by atoms with Crippen molar-refractivity contribution < 1.29 is 19.1 Å². The highest BCUT2D eigenvalue weighted by atomic mass is 16.7. The second-order valence-corrected chi connectivity index (χ2v) is 6.28. The van der Waals surface area contributed by atoms with Gasteiger partial charge < -0.3 is 25.0 Å². The van der Waals surface area contributed by atoms with Gasteiger partial charge in [0.25, 0.3) is 11.8 Å². The van der Waals surface area contributed by atoms with E-state index < -0.39 is 0 Å². The zero-order valence-corrected chi connectivity index (χ0v) is 14.2. The molecule has 0 radical (unpaired) electrons. The van der Waals surface area contributed by atoms with Gasteiger partial charge in [-0.15, -0.1) is 0 Å². The lowest BCUT2D eigenvalue weighted by Gasteiger charge is -2.35. The average Bonchev–Trinajstić information content (AvgIpc) is 3.15. The van der Waals surface area contributed by atoms with Crippen LogP contribution in [0.4, 0.5) is 5.69 Å². The molecule has 1 fully saturated rings. The quantitative estimate of drug-likeness (QED) is 0.829. The van der Waals surface area contributed by atoms with E-state index in [0.717, 1.165) is 0 Å². The zero-order chi connectivity index (χ0) is 18.1. The first kappa shape index (κ1) is 16.3. The summed E-state index contributed by atoms with van der Waals surface area (Å²) in [5, 5.41) is 0. The second-order valence-electron chi connectivity index (χ2n) is 6.28. The van der Waals surface area contributed by atoms with E-state index in [2.05, 4.69) is 0 Å². The monoisotopic (exact) mass is 353 g/mol. The molecule has 2 aliphatic rings. The number of hydrogen-bond donors (Lipinski definition) is 1. The third kappa shape index (κ3) is 3.03. The highest BCUT2D eigenvalue weighted by Crippen LogP contribution is 2.32. The molecule has 2 aromatic rings. The van der Waals surface area contributed by atoms with Crippen molar-refractivity contribution in [2.45, 2.75) is 0 Å². The molecule has 134 valence electrons. The molecule has 4 rings (SSSR count). The summed E-state index contributed by atoms with van der Waals surface area (Å²) in [6, 6.07) is 12.1. The molecule has 0 spiro atoms. The number of nitrogens with two attached hydrogens (primary N) is 1. The van der Waals surface area contributed by atoms with Crippen LogP contribution in [-0.4, -0.2) is 54.6 Å². The molecular weight excluding hydrogens is 334 g/mol. The Bertz CT molecular complexity index is 860. The molecular formula is C19H19N3O4.